The molecule has 0 aliphatic carbocycles. The number of rotatable bonds is 1. The van der Waals surface area contributed by atoms with Crippen molar-refractivity contribution < 1.29 is 4.39 Å². The van der Waals surface area contributed by atoms with Gasteiger partial charge >= 0.3 is 0 Å². The molecular formula is C13H12ClFN2. The number of nitrogens with zero attached hydrogens (tertiary/aromatic N) is 2. The number of halogens is 2. The minimum Gasteiger partial charge on any atom is -0.248 e. The predicted molar refractivity (Wildman–Crippen MR) is 66.6 cm³/mol. The van der Waals surface area contributed by atoms with Crippen LogP contribution in [0, 0.1) is 26.6 Å². The van der Waals surface area contributed by atoms with E-state index in [4.69, 9.17) is 11.6 Å². The van der Waals surface area contributed by atoms with Crippen LogP contribution in [0.15, 0.2) is 18.2 Å². The normalized spacial score (nSPS) is 10.6. The van der Waals surface area contributed by atoms with Gasteiger partial charge < -0.3 is 0 Å². The maximum absolute atomic E-state index is 13.5. The van der Waals surface area contributed by atoms with Crippen molar-refractivity contribution in [3.05, 3.63) is 46.1 Å². The highest BCUT2D eigenvalue weighted by atomic mass is 35.5. The molecule has 0 fully saturated rings. The van der Waals surface area contributed by atoms with Crippen LogP contribution in [0.5, 0.6) is 0 Å². The predicted octanol–water partition coefficient (Wildman–Crippen LogP) is 3.86. The van der Waals surface area contributed by atoms with Crippen molar-refractivity contribution in [2.24, 2.45) is 0 Å². The summed E-state index contributed by atoms with van der Waals surface area (Å²) < 4.78 is 13.5. The fourth-order valence-corrected chi connectivity index (χ4v) is 1.78. The molecule has 2 nitrogen and oxygen atoms in total. The van der Waals surface area contributed by atoms with Gasteiger partial charge in [0.2, 0.25) is 0 Å². The van der Waals surface area contributed by atoms with E-state index < -0.39 is 0 Å². The van der Waals surface area contributed by atoms with E-state index in [1.165, 1.54) is 6.07 Å². The summed E-state index contributed by atoms with van der Waals surface area (Å²) in [4.78, 5) is 8.53. The standard InChI is InChI=1S/C13H12ClFN2/c1-7-4-5-10(6-11(7)15)12-13(14)17-9(3)8(2)16-12/h4-6H,1-3H3. The largest absolute Gasteiger partial charge is 0.248 e. The number of hydrogen-bond donors (Lipinski definition) is 0. The number of aryl methyl sites for hydroxylation is 3. The van der Waals surface area contributed by atoms with Gasteiger partial charge in [0.15, 0.2) is 5.15 Å². The Morgan fingerprint density at radius 3 is 2.35 bits per heavy atom. The lowest BCUT2D eigenvalue weighted by Crippen LogP contribution is -1.97. The van der Waals surface area contributed by atoms with E-state index in [0.29, 0.717) is 22.0 Å². The van der Waals surface area contributed by atoms with Crippen molar-refractivity contribution in [3.8, 4) is 11.3 Å². The molecule has 0 atom stereocenters. The summed E-state index contributed by atoms with van der Waals surface area (Å²) in [5, 5.41) is 0.302. The molecule has 0 spiro atoms. The number of aromatic nitrogens is 2. The average molecular weight is 251 g/mol. The first-order valence-electron chi connectivity index (χ1n) is 5.26. The lowest BCUT2D eigenvalue weighted by molar-refractivity contribution is 0.619. The van der Waals surface area contributed by atoms with Crippen LogP contribution in [-0.4, -0.2) is 9.97 Å². The van der Waals surface area contributed by atoms with Gasteiger partial charge in [0.25, 0.3) is 0 Å². The summed E-state index contributed by atoms with van der Waals surface area (Å²) >= 11 is 6.03. The van der Waals surface area contributed by atoms with Gasteiger partial charge in [-0.25, -0.2) is 14.4 Å². The Morgan fingerprint density at radius 2 is 1.71 bits per heavy atom. The Hall–Kier alpha value is -1.48. The van der Waals surface area contributed by atoms with Gasteiger partial charge in [0, 0.05) is 5.56 Å². The summed E-state index contributed by atoms with van der Waals surface area (Å²) in [6.07, 6.45) is 0. The van der Waals surface area contributed by atoms with E-state index in [0.717, 1.165) is 11.4 Å². The quantitative estimate of drug-likeness (QED) is 0.768. The van der Waals surface area contributed by atoms with Gasteiger partial charge in [-0.05, 0) is 32.4 Å². The molecule has 2 rings (SSSR count). The molecule has 0 unspecified atom stereocenters. The summed E-state index contributed by atoms with van der Waals surface area (Å²) in [5.41, 5.74) is 3.35. The molecule has 1 aromatic heterocycles. The molecule has 17 heavy (non-hydrogen) atoms. The molecule has 0 aliphatic rings. The second-order valence-electron chi connectivity index (χ2n) is 4.00. The van der Waals surface area contributed by atoms with E-state index in [2.05, 4.69) is 9.97 Å². The SMILES string of the molecule is Cc1ccc(-c2nc(C)c(C)nc2Cl)cc1F. The molecule has 1 heterocycles. The number of benzene rings is 1. The third-order valence-corrected chi connectivity index (χ3v) is 2.97. The Kier molecular flexibility index (Phi) is 3.11. The Labute approximate surface area is 104 Å². The topological polar surface area (TPSA) is 25.8 Å². The molecule has 0 amide bonds. The average Bonchev–Trinajstić information content (AvgIpc) is 2.27. The molecule has 1 aromatic carbocycles. The van der Waals surface area contributed by atoms with Crippen LogP contribution < -0.4 is 0 Å². The minimum absolute atomic E-state index is 0.265. The summed E-state index contributed by atoms with van der Waals surface area (Å²) in [5.74, 6) is -0.265. The van der Waals surface area contributed by atoms with Gasteiger partial charge in [-0.1, -0.05) is 23.7 Å². The van der Waals surface area contributed by atoms with Crippen molar-refractivity contribution in [2.45, 2.75) is 20.8 Å². The molecule has 0 radical (unpaired) electrons. The van der Waals surface area contributed by atoms with E-state index in [-0.39, 0.29) is 5.82 Å². The lowest BCUT2D eigenvalue weighted by Gasteiger charge is -2.07. The third-order valence-electron chi connectivity index (χ3n) is 2.71. The summed E-state index contributed by atoms with van der Waals surface area (Å²) in [7, 11) is 0. The van der Waals surface area contributed by atoms with E-state index in [1.54, 1.807) is 19.1 Å². The minimum atomic E-state index is -0.265. The molecule has 0 N–H and O–H groups in total. The smallest absolute Gasteiger partial charge is 0.155 e. The van der Waals surface area contributed by atoms with Gasteiger partial charge in [-0.3, -0.25) is 0 Å². The molecule has 0 saturated carbocycles. The third kappa shape index (κ3) is 2.29. The van der Waals surface area contributed by atoms with Crippen LogP contribution in [0.25, 0.3) is 11.3 Å². The highest BCUT2D eigenvalue weighted by Crippen LogP contribution is 2.26. The molecular weight excluding hydrogens is 239 g/mol. The Balaban J connectivity index is 2.60. The van der Waals surface area contributed by atoms with Gasteiger partial charge in [0.05, 0.1) is 11.4 Å². The van der Waals surface area contributed by atoms with Gasteiger partial charge in [-0.15, -0.1) is 0 Å². The van der Waals surface area contributed by atoms with Crippen LogP contribution in [-0.2, 0) is 0 Å². The van der Waals surface area contributed by atoms with Gasteiger partial charge in [-0.2, -0.15) is 0 Å². The van der Waals surface area contributed by atoms with E-state index in [1.807, 2.05) is 13.8 Å². The fourth-order valence-electron chi connectivity index (χ4n) is 1.50. The van der Waals surface area contributed by atoms with Crippen LogP contribution in [0.4, 0.5) is 4.39 Å². The lowest BCUT2D eigenvalue weighted by atomic mass is 10.1. The first kappa shape index (κ1) is 12.0. The Morgan fingerprint density at radius 1 is 1.06 bits per heavy atom. The molecule has 2 aromatic rings. The van der Waals surface area contributed by atoms with Crippen LogP contribution in [0.2, 0.25) is 5.15 Å². The van der Waals surface area contributed by atoms with Crippen molar-refractivity contribution in [3.63, 3.8) is 0 Å². The number of hydrogen-bond acceptors (Lipinski definition) is 2. The molecule has 0 saturated heterocycles. The van der Waals surface area contributed by atoms with Crippen LogP contribution in [0.3, 0.4) is 0 Å². The summed E-state index contributed by atoms with van der Waals surface area (Å²) in [6, 6.07) is 4.93. The highest BCUT2D eigenvalue weighted by molar-refractivity contribution is 6.31. The second-order valence-corrected chi connectivity index (χ2v) is 4.36. The first-order valence-corrected chi connectivity index (χ1v) is 5.64. The second kappa shape index (κ2) is 4.41. The maximum Gasteiger partial charge on any atom is 0.155 e. The van der Waals surface area contributed by atoms with E-state index >= 15 is 0 Å². The van der Waals surface area contributed by atoms with Crippen molar-refractivity contribution >= 4 is 11.6 Å². The Bertz CT molecular complexity index is 582. The fraction of sp³-hybridized carbons (Fsp3) is 0.231. The van der Waals surface area contributed by atoms with E-state index in [9.17, 15) is 4.39 Å². The highest BCUT2D eigenvalue weighted by Gasteiger charge is 2.10. The zero-order valence-corrected chi connectivity index (χ0v) is 10.6. The maximum atomic E-state index is 13.5. The monoisotopic (exact) mass is 250 g/mol. The van der Waals surface area contributed by atoms with Crippen LogP contribution in [0.1, 0.15) is 17.0 Å². The van der Waals surface area contributed by atoms with Crippen molar-refractivity contribution in [1.29, 1.82) is 0 Å². The molecule has 0 bridgehead atoms. The van der Waals surface area contributed by atoms with Crippen LogP contribution >= 0.6 is 11.6 Å². The first-order chi connectivity index (χ1) is 7.99. The molecule has 88 valence electrons. The van der Waals surface area contributed by atoms with Gasteiger partial charge in [0.1, 0.15) is 11.5 Å². The van der Waals surface area contributed by atoms with Crippen molar-refractivity contribution in [1.82, 2.24) is 9.97 Å². The molecule has 0 aliphatic heterocycles. The zero-order valence-electron chi connectivity index (χ0n) is 9.88. The molecule has 4 heteroatoms. The van der Waals surface area contributed by atoms with Crippen molar-refractivity contribution in [2.75, 3.05) is 0 Å². The zero-order chi connectivity index (χ0) is 12.6. The summed E-state index contributed by atoms with van der Waals surface area (Å²) in [6.45, 7) is 5.41.